The molecule has 0 bridgehead atoms. The Bertz CT molecular complexity index is 2130. The monoisotopic (exact) mass is 786 g/mol. The van der Waals surface area contributed by atoms with Gasteiger partial charge in [-0.25, -0.2) is 0 Å². The van der Waals surface area contributed by atoms with Crippen LogP contribution in [0.2, 0.25) is 0 Å². The fraction of sp³-hybridized carbons (Fsp3) is 0.400. The van der Waals surface area contributed by atoms with Crippen LogP contribution in [-0.4, -0.2) is 81.1 Å². The molecule has 4 aliphatic heterocycles. The zero-order valence-corrected chi connectivity index (χ0v) is 32.9. The van der Waals surface area contributed by atoms with E-state index in [-0.39, 0.29) is 37.4 Å². The van der Waals surface area contributed by atoms with Gasteiger partial charge in [-0.2, -0.15) is 0 Å². The second-order valence-corrected chi connectivity index (χ2v) is 16.7. The molecule has 12 heteroatoms. The first-order chi connectivity index (χ1) is 27.9. The van der Waals surface area contributed by atoms with Gasteiger partial charge in [-0.1, -0.05) is 49.9 Å². The molecule has 4 amide bonds. The summed E-state index contributed by atoms with van der Waals surface area (Å²) in [5.74, 6) is -0.703. The summed E-state index contributed by atoms with van der Waals surface area (Å²) < 4.78 is 0. The Labute approximate surface area is 338 Å². The number of thioether (sulfide) groups is 1. The molecule has 5 heterocycles. The third kappa shape index (κ3) is 8.35. The Morgan fingerprint density at radius 1 is 0.842 bits per heavy atom. The van der Waals surface area contributed by atoms with E-state index >= 15 is 0 Å². The van der Waals surface area contributed by atoms with E-state index in [4.69, 9.17) is 0 Å². The molecule has 3 aromatic carbocycles. The summed E-state index contributed by atoms with van der Waals surface area (Å²) >= 11 is 1.58. The molecule has 4 N–H and O–H groups in total. The predicted molar refractivity (Wildman–Crippen MR) is 222 cm³/mol. The van der Waals surface area contributed by atoms with Gasteiger partial charge in [-0.15, -0.1) is 11.8 Å². The van der Waals surface area contributed by atoms with Gasteiger partial charge in [0.05, 0.1) is 23.8 Å². The van der Waals surface area contributed by atoms with E-state index in [0.717, 1.165) is 91.5 Å². The van der Waals surface area contributed by atoms with Crippen LogP contribution in [0.5, 0.6) is 0 Å². The molecular formula is C45H50N6O5S. The van der Waals surface area contributed by atoms with E-state index in [1.165, 1.54) is 22.3 Å². The van der Waals surface area contributed by atoms with Crippen molar-refractivity contribution < 1.29 is 24.3 Å². The number of amides is 4. The molecule has 1 aromatic heterocycles. The number of aliphatic hydroxyl groups excluding tert-OH is 1. The molecule has 11 nitrogen and oxygen atoms in total. The molecule has 4 atom stereocenters. The predicted octanol–water partition coefficient (Wildman–Crippen LogP) is 7.04. The van der Waals surface area contributed by atoms with Gasteiger partial charge in [-0.3, -0.25) is 39.3 Å². The van der Waals surface area contributed by atoms with Crippen LogP contribution < -0.4 is 16.0 Å². The van der Waals surface area contributed by atoms with Crippen LogP contribution in [0, 0.1) is 5.92 Å². The summed E-state index contributed by atoms with van der Waals surface area (Å²) in [6.07, 6.45) is 11.6. The lowest BCUT2D eigenvalue weighted by Gasteiger charge is -2.39. The lowest BCUT2D eigenvalue weighted by molar-refractivity contribution is -0.136. The molecule has 1 unspecified atom stereocenters. The van der Waals surface area contributed by atoms with E-state index in [9.17, 15) is 24.3 Å². The number of carbonyl (C=O) groups excluding carboxylic acids is 4. The van der Waals surface area contributed by atoms with E-state index in [0.29, 0.717) is 17.0 Å². The number of pyridine rings is 1. The van der Waals surface area contributed by atoms with E-state index < -0.39 is 23.8 Å². The number of benzene rings is 3. The second-order valence-electron chi connectivity index (χ2n) is 15.6. The maximum Gasteiger partial charge on any atom is 0.263 e. The lowest BCUT2D eigenvalue weighted by Crippen LogP contribution is -2.54. The van der Waals surface area contributed by atoms with Crippen LogP contribution in [0.25, 0.3) is 11.1 Å². The van der Waals surface area contributed by atoms with Crippen molar-refractivity contribution in [2.24, 2.45) is 5.92 Å². The number of anilines is 2. The van der Waals surface area contributed by atoms with Gasteiger partial charge in [-0.05, 0) is 109 Å². The highest BCUT2D eigenvalue weighted by Crippen LogP contribution is 2.48. The van der Waals surface area contributed by atoms with Gasteiger partial charge in [0.15, 0.2) is 0 Å². The number of piperidine rings is 1. The number of rotatable bonds is 16. The maximum atomic E-state index is 13.4. The maximum absolute atomic E-state index is 13.4. The van der Waals surface area contributed by atoms with Gasteiger partial charge in [0.1, 0.15) is 6.04 Å². The number of fused-ring (bicyclic) bond motifs is 4. The Balaban J connectivity index is 0.780. The molecule has 57 heavy (non-hydrogen) atoms. The van der Waals surface area contributed by atoms with Gasteiger partial charge in [0.2, 0.25) is 11.8 Å². The molecule has 0 radical (unpaired) electrons. The summed E-state index contributed by atoms with van der Waals surface area (Å²) in [4.78, 5) is 59.1. The second kappa shape index (κ2) is 17.6. The Hall–Kier alpha value is -5.04. The summed E-state index contributed by atoms with van der Waals surface area (Å²) in [7, 11) is 0. The quantitative estimate of drug-likeness (QED) is 0.0531. The van der Waals surface area contributed by atoms with Crippen LogP contribution in [-0.2, 0) is 16.1 Å². The minimum absolute atomic E-state index is 0.0493. The average Bonchev–Trinajstić information content (AvgIpc) is 3.76. The van der Waals surface area contributed by atoms with Crippen molar-refractivity contribution in [3.05, 3.63) is 107 Å². The SMILES string of the molecule is O=C1CCC(N2C(=O)c3cccc(SCCCCCCCCNc4cccc(-c5ccc6c(c5)[C@H]5[C@H](CCN5Cc5ccncc5)[C@@H](CO)N6)c4)c3C2=O)C(=O)N1. The fourth-order valence-corrected chi connectivity index (χ4v) is 10.1. The highest BCUT2D eigenvalue weighted by molar-refractivity contribution is 7.99. The van der Waals surface area contributed by atoms with Crippen LogP contribution in [0.3, 0.4) is 0 Å². The highest BCUT2D eigenvalue weighted by atomic mass is 32.2. The van der Waals surface area contributed by atoms with Gasteiger partial charge in [0.25, 0.3) is 11.8 Å². The average molecular weight is 787 g/mol. The third-order valence-corrected chi connectivity index (χ3v) is 13.0. The number of nitrogens with one attached hydrogen (secondary N) is 3. The zero-order valence-electron chi connectivity index (χ0n) is 32.1. The number of nitrogens with zero attached hydrogens (tertiary/aromatic N) is 3. The third-order valence-electron chi connectivity index (χ3n) is 11.9. The van der Waals surface area contributed by atoms with Gasteiger partial charge >= 0.3 is 0 Å². The van der Waals surface area contributed by atoms with Crippen LogP contribution >= 0.6 is 11.8 Å². The summed E-state index contributed by atoms with van der Waals surface area (Å²) in [6.45, 7) is 2.89. The molecule has 0 aliphatic carbocycles. The number of unbranched alkanes of at least 4 members (excludes halogenated alkanes) is 5. The molecule has 4 aromatic rings. The fourth-order valence-electron chi connectivity index (χ4n) is 9.00. The Morgan fingerprint density at radius 3 is 2.46 bits per heavy atom. The number of carbonyl (C=O) groups is 4. The summed E-state index contributed by atoms with van der Waals surface area (Å²) in [6, 6.07) is 24.2. The van der Waals surface area contributed by atoms with E-state index in [2.05, 4.69) is 80.4 Å². The molecule has 0 spiro atoms. The Kier molecular flexibility index (Phi) is 12.0. The van der Waals surface area contributed by atoms with Crippen LogP contribution in [0.15, 0.2) is 90.1 Å². The first kappa shape index (κ1) is 38.8. The van der Waals surface area contributed by atoms with Crippen LogP contribution in [0.4, 0.5) is 11.4 Å². The first-order valence-corrected chi connectivity index (χ1v) is 21.3. The molecule has 8 rings (SSSR count). The normalized spacial score (nSPS) is 21.5. The number of hydrogen-bond donors (Lipinski definition) is 4. The molecular weight excluding hydrogens is 737 g/mol. The van der Waals surface area contributed by atoms with Crippen molar-refractivity contribution in [3.63, 3.8) is 0 Å². The zero-order chi connectivity index (χ0) is 39.3. The lowest BCUT2D eigenvalue weighted by atomic mass is 9.82. The van der Waals surface area contributed by atoms with Crippen molar-refractivity contribution in [2.75, 3.05) is 36.1 Å². The first-order valence-electron chi connectivity index (χ1n) is 20.4. The molecule has 2 fully saturated rings. The topological polar surface area (TPSA) is 144 Å². The number of likely N-dealkylation sites (tertiary alicyclic amines) is 1. The van der Waals surface area contributed by atoms with Crippen molar-refractivity contribution in [1.82, 2.24) is 20.1 Å². The number of aliphatic hydroxyl groups is 1. The largest absolute Gasteiger partial charge is 0.394 e. The number of imide groups is 2. The standard InChI is InChI=1S/C45H50N6O5S/c52-28-37-33-19-23-50(27-29-17-21-46-22-18-29)42(33)35-26-31(13-14-36(35)48-37)30-9-7-10-32(25-30)47-20-5-3-1-2-4-6-24-57-39-12-8-11-34-41(39)45(56)51(44(34)55)38-15-16-40(53)49-43(38)54/h7-14,17-18,21-22,25-26,33,37-38,42,47-48,52H,1-6,15-16,19-20,23-24,27-28H2,(H,49,53,54)/t33-,37-,38?,42-/m1/s1. The molecule has 4 aliphatic rings. The highest BCUT2D eigenvalue weighted by Gasteiger charge is 2.46. The van der Waals surface area contributed by atoms with Gasteiger partial charge < -0.3 is 15.7 Å². The number of aromatic nitrogens is 1. The Morgan fingerprint density at radius 2 is 1.63 bits per heavy atom. The van der Waals surface area contributed by atoms with Crippen molar-refractivity contribution in [3.8, 4) is 11.1 Å². The summed E-state index contributed by atoms with van der Waals surface area (Å²) in [5.41, 5.74) is 7.87. The van der Waals surface area contributed by atoms with E-state index in [1.54, 1.807) is 23.9 Å². The molecule has 296 valence electrons. The van der Waals surface area contributed by atoms with Crippen molar-refractivity contribution in [1.29, 1.82) is 0 Å². The molecule has 2 saturated heterocycles. The smallest absolute Gasteiger partial charge is 0.263 e. The van der Waals surface area contributed by atoms with E-state index in [1.807, 2.05) is 18.5 Å². The van der Waals surface area contributed by atoms with Crippen LogP contribution in [0.1, 0.15) is 95.7 Å². The van der Waals surface area contributed by atoms with Gasteiger partial charge in [0, 0.05) is 60.1 Å². The van der Waals surface area contributed by atoms with Crippen molar-refractivity contribution in [2.45, 2.75) is 87.4 Å². The van der Waals surface area contributed by atoms with Crippen molar-refractivity contribution >= 4 is 46.8 Å². The minimum Gasteiger partial charge on any atom is -0.394 e. The molecule has 0 saturated carbocycles. The minimum atomic E-state index is -0.954. The number of hydrogen-bond acceptors (Lipinski definition) is 10. The summed E-state index contributed by atoms with van der Waals surface area (Å²) in [5, 5.41) is 19.8.